The van der Waals surface area contributed by atoms with Gasteiger partial charge in [-0.3, -0.25) is 0 Å². The maximum Gasteiger partial charge on any atom is 0.231 e. The molecule has 0 bridgehead atoms. The van der Waals surface area contributed by atoms with Gasteiger partial charge in [-0.05, 0) is 6.07 Å². The van der Waals surface area contributed by atoms with Gasteiger partial charge in [0.15, 0.2) is 11.5 Å². The van der Waals surface area contributed by atoms with Crippen LogP contribution < -0.4 is 15.2 Å². The Morgan fingerprint density at radius 2 is 1.94 bits per heavy atom. The number of benzene rings is 1. The molecule has 5 nitrogen and oxygen atoms in total. The van der Waals surface area contributed by atoms with E-state index in [1.54, 1.807) is 12.1 Å². The minimum atomic E-state index is -1.13. The summed E-state index contributed by atoms with van der Waals surface area (Å²) in [6.07, 6.45) is -2.19. The highest BCUT2D eigenvalue weighted by Crippen LogP contribution is 2.39. The van der Waals surface area contributed by atoms with Crippen molar-refractivity contribution >= 4 is 11.6 Å². The Morgan fingerprint density at radius 3 is 2.56 bits per heavy atom. The molecule has 0 fully saturated rings. The van der Waals surface area contributed by atoms with E-state index in [4.69, 9.17) is 26.8 Å². The van der Waals surface area contributed by atoms with E-state index < -0.39 is 12.2 Å². The third-order valence-corrected chi connectivity index (χ3v) is 2.74. The summed E-state index contributed by atoms with van der Waals surface area (Å²) in [5, 5.41) is 19.5. The van der Waals surface area contributed by atoms with Gasteiger partial charge in [-0.15, -0.1) is 0 Å². The van der Waals surface area contributed by atoms with Crippen LogP contribution in [0.4, 0.5) is 0 Å². The van der Waals surface area contributed by atoms with Gasteiger partial charge in [0.2, 0.25) is 6.79 Å². The van der Waals surface area contributed by atoms with Gasteiger partial charge in [0.1, 0.15) is 6.10 Å². The smallest absolute Gasteiger partial charge is 0.231 e. The molecule has 2 atom stereocenters. The Morgan fingerprint density at radius 1 is 1.31 bits per heavy atom. The van der Waals surface area contributed by atoms with Crippen LogP contribution in [-0.4, -0.2) is 29.7 Å². The van der Waals surface area contributed by atoms with Gasteiger partial charge in [0.05, 0.1) is 11.1 Å². The van der Waals surface area contributed by atoms with Crippen molar-refractivity contribution in [3.63, 3.8) is 0 Å². The first-order chi connectivity index (χ1) is 7.63. The summed E-state index contributed by atoms with van der Waals surface area (Å²) >= 11 is 5.96. The highest BCUT2D eigenvalue weighted by atomic mass is 35.5. The maximum absolute atomic E-state index is 9.79. The van der Waals surface area contributed by atoms with E-state index in [1.807, 2.05) is 0 Å². The molecule has 0 spiro atoms. The molecule has 0 amide bonds. The summed E-state index contributed by atoms with van der Waals surface area (Å²) in [6.45, 7) is 0.0800. The summed E-state index contributed by atoms with van der Waals surface area (Å²) in [6, 6.07) is 3.10. The van der Waals surface area contributed by atoms with Crippen LogP contribution in [0.3, 0.4) is 0 Å². The minimum absolute atomic E-state index is 0.0497. The fourth-order valence-corrected chi connectivity index (χ4v) is 1.76. The first-order valence-corrected chi connectivity index (χ1v) is 5.16. The van der Waals surface area contributed by atoms with E-state index >= 15 is 0 Å². The maximum atomic E-state index is 9.79. The van der Waals surface area contributed by atoms with Crippen molar-refractivity contribution in [1.82, 2.24) is 0 Å². The Labute approximate surface area is 97.3 Å². The van der Waals surface area contributed by atoms with Crippen LogP contribution in [0.15, 0.2) is 12.1 Å². The van der Waals surface area contributed by atoms with E-state index in [0.29, 0.717) is 22.1 Å². The third kappa shape index (κ3) is 1.94. The molecule has 0 saturated carbocycles. The van der Waals surface area contributed by atoms with Crippen molar-refractivity contribution in [2.45, 2.75) is 12.2 Å². The van der Waals surface area contributed by atoms with Crippen molar-refractivity contribution < 1.29 is 19.7 Å². The lowest BCUT2D eigenvalue weighted by molar-refractivity contribution is 0.0243. The molecule has 1 aromatic carbocycles. The van der Waals surface area contributed by atoms with Crippen molar-refractivity contribution in [2.75, 3.05) is 13.3 Å². The molecule has 1 aliphatic rings. The number of hydrogen-bond acceptors (Lipinski definition) is 5. The van der Waals surface area contributed by atoms with Crippen LogP contribution in [0.5, 0.6) is 11.5 Å². The van der Waals surface area contributed by atoms with Gasteiger partial charge >= 0.3 is 0 Å². The van der Waals surface area contributed by atoms with Crippen molar-refractivity contribution in [3.05, 3.63) is 22.7 Å². The van der Waals surface area contributed by atoms with Crippen molar-refractivity contribution in [3.8, 4) is 11.5 Å². The van der Waals surface area contributed by atoms with E-state index in [1.165, 1.54) is 0 Å². The largest absolute Gasteiger partial charge is 0.454 e. The molecule has 0 radical (unpaired) electrons. The molecular weight excluding hydrogens is 234 g/mol. The topological polar surface area (TPSA) is 84.9 Å². The Balaban J connectivity index is 2.34. The summed E-state index contributed by atoms with van der Waals surface area (Å²) < 4.78 is 10.3. The molecule has 6 heteroatoms. The lowest BCUT2D eigenvalue weighted by Gasteiger charge is -2.17. The minimum Gasteiger partial charge on any atom is -0.454 e. The van der Waals surface area contributed by atoms with E-state index in [2.05, 4.69) is 0 Å². The lowest BCUT2D eigenvalue weighted by Crippen LogP contribution is -2.27. The quantitative estimate of drug-likeness (QED) is 0.719. The van der Waals surface area contributed by atoms with Crippen LogP contribution in [0.2, 0.25) is 5.02 Å². The summed E-state index contributed by atoms with van der Waals surface area (Å²) in [4.78, 5) is 0. The molecule has 1 aliphatic heterocycles. The molecule has 88 valence electrons. The van der Waals surface area contributed by atoms with Gasteiger partial charge in [-0.1, -0.05) is 11.6 Å². The zero-order valence-electron chi connectivity index (χ0n) is 8.39. The molecule has 4 N–H and O–H groups in total. The van der Waals surface area contributed by atoms with Crippen LogP contribution in [-0.2, 0) is 0 Å². The highest BCUT2D eigenvalue weighted by Gasteiger charge is 2.24. The zero-order valence-corrected chi connectivity index (χ0v) is 9.15. The summed E-state index contributed by atoms with van der Waals surface area (Å²) in [5.74, 6) is 1.03. The first-order valence-electron chi connectivity index (χ1n) is 4.78. The average molecular weight is 246 g/mol. The van der Waals surface area contributed by atoms with Crippen molar-refractivity contribution in [2.24, 2.45) is 5.73 Å². The molecule has 0 aliphatic carbocycles. The van der Waals surface area contributed by atoms with Gasteiger partial charge in [0.25, 0.3) is 0 Å². The highest BCUT2D eigenvalue weighted by molar-refractivity contribution is 6.31. The van der Waals surface area contributed by atoms with Crippen LogP contribution in [0, 0.1) is 0 Å². The van der Waals surface area contributed by atoms with Gasteiger partial charge in [0, 0.05) is 18.2 Å². The van der Waals surface area contributed by atoms with Gasteiger partial charge in [-0.25, -0.2) is 0 Å². The van der Waals surface area contributed by atoms with Crippen LogP contribution in [0.1, 0.15) is 11.7 Å². The second kappa shape index (κ2) is 4.47. The number of nitrogens with two attached hydrogens (primary N) is 1. The predicted octanol–water partition coefficient (Wildman–Crippen LogP) is 0.422. The molecule has 2 unspecified atom stereocenters. The van der Waals surface area contributed by atoms with Crippen LogP contribution >= 0.6 is 11.6 Å². The average Bonchev–Trinajstić information content (AvgIpc) is 2.72. The normalized spacial score (nSPS) is 17.2. The van der Waals surface area contributed by atoms with E-state index in [-0.39, 0.29) is 13.3 Å². The monoisotopic (exact) mass is 245 g/mol. The number of halogens is 1. The number of fused-ring (bicyclic) bond motifs is 1. The number of ether oxygens (including phenoxy) is 2. The molecule has 0 aromatic heterocycles. The Hall–Kier alpha value is -1.01. The Bertz CT molecular complexity index is 399. The number of aliphatic hydroxyl groups is 2. The molecular formula is C10H12ClNO4. The fraction of sp³-hybridized carbons (Fsp3) is 0.400. The second-order valence-corrected chi connectivity index (χ2v) is 3.88. The predicted molar refractivity (Wildman–Crippen MR) is 57.6 cm³/mol. The fourth-order valence-electron chi connectivity index (χ4n) is 1.50. The molecule has 2 rings (SSSR count). The number of hydrogen-bond donors (Lipinski definition) is 3. The van der Waals surface area contributed by atoms with Crippen LogP contribution in [0.25, 0.3) is 0 Å². The lowest BCUT2D eigenvalue weighted by atomic mass is 10.0. The van der Waals surface area contributed by atoms with Crippen molar-refractivity contribution in [1.29, 1.82) is 0 Å². The third-order valence-electron chi connectivity index (χ3n) is 2.42. The first kappa shape index (κ1) is 11.5. The van der Waals surface area contributed by atoms with Gasteiger partial charge < -0.3 is 25.4 Å². The second-order valence-electron chi connectivity index (χ2n) is 3.47. The van der Waals surface area contributed by atoms with Gasteiger partial charge in [-0.2, -0.15) is 0 Å². The molecule has 1 heterocycles. The molecule has 1 aromatic rings. The van der Waals surface area contributed by atoms with E-state index in [9.17, 15) is 10.2 Å². The molecule has 0 saturated heterocycles. The summed E-state index contributed by atoms with van der Waals surface area (Å²) in [5.41, 5.74) is 5.64. The number of aliphatic hydroxyl groups excluding tert-OH is 2. The Kier molecular flexibility index (Phi) is 3.20. The number of rotatable bonds is 3. The van der Waals surface area contributed by atoms with E-state index in [0.717, 1.165) is 0 Å². The zero-order chi connectivity index (χ0) is 11.7. The summed E-state index contributed by atoms with van der Waals surface area (Å²) in [7, 11) is 0. The molecule has 16 heavy (non-hydrogen) atoms. The SMILES string of the molecule is NCC(O)C(O)c1cc2c(cc1Cl)OCO2. The standard InChI is InChI=1S/C10H12ClNO4/c11-6-2-9-8(15-4-16-9)1-5(6)10(14)7(13)3-12/h1-2,7,10,13-14H,3-4,12H2.